The fourth-order valence-corrected chi connectivity index (χ4v) is 2.15. The molecule has 1 saturated carbocycles. The van der Waals surface area contributed by atoms with Crippen LogP contribution in [-0.4, -0.2) is 12.5 Å². The molecule has 0 saturated heterocycles. The third-order valence-electron chi connectivity index (χ3n) is 3.12. The van der Waals surface area contributed by atoms with E-state index in [0.717, 1.165) is 12.0 Å². The molecule has 3 nitrogen and oxygen atoms in total. The summed E-state index contributed by atoms with van der Waals surface area (Å²) in [7, 11) is 0. The molecule has 1 amide bonds. The molecule has 2 rings (SSSR count). The number of carbonyl (C=O) groups excluding carboxylic acids is 1. The van der Waals surface area contributed by atoms with Crippen molar-refractivity contribution in [2.75, 3.05) is 6.54 Å². The van der Waals surface area contributed by atoms with Crippen molar-refractivity contribution in [1.82, 2.24) is 0 Å². The van der Waals surface area contributed by atoms with Crippen LogP contribution in [0.15, 0.2) is 30.3 Å². The van der Waals surface area contributed by atoms with Crippen LogP contribution in [0.5, 0.6) is 0 Å². The molecule has 0 aromatic heterocycles. The van der Waals surface area contributed by atoms with Crippen LogP contribution in [-0.2, 0) is 10.2 Å². The molecule has 0 heterocycles. The monoisotopic (exact) mass is 190 g/mol. The summed E-state index contributed by atoms with van der Waals surface area (Å²) in [6, 6.07) is 9.66. The van der Waals surface area contributed by atoms with E-state index in [1.807, 2.05) is 30.3 Å². The first-order valence-corrected chi connectivity index (χ1v) is 4.77. The van der Waals surface area contributed by atoms with E-state index in [1.165, 1.54) is 0 Å². The molecule has 14 heavy (non-hydrogen) atoms. The van der Waals surface area contributed by atoms with Crippen molar-refractivity contribution in [2.45, 2.75) is 11.8 Å². The molecule has 1 aromatic carbocycles. The lowest BCUT2D eigenvalue weighted by molar-refractivity contribution is -0.120. The van der Waals surface area contributed by atoms with Gasteiger partial charge in [-0.25, -0.2) is 0 Å². The Morgan fingerprint density at radius 3 is 2.50 bits per heavy atom. The highest BCUT2D eigenvalue weighted by atomic mass is 16.1. The van der Waals surface area contributed by atoms with Gasteiger partial charge < -0.3 is 11.5 Å². The molecule has 0 aliphatic heterocycles. The van der Waals surface area contributed by atoms with Crippen molar-refractivity contribution in [3.63, 3.8) is 0 Å². The molecule has 0 bridgehead atoms. The van der Waals surface area contributed by atoms with E-state index in [1.54, 1.807) is 0 Å². The number of primary amides is 1. The predicted molar refractivity (Wildman–Crippen MR) is 54.5 cm³/mol. The van der Waals surface area contributed by atoms with E-state index in [0.29, 0.717) is 6.54 Å². The van der Waals surface area contributed by atoms with Crippen molar-refractivity contribution >= 4 is 5.91 Å². The Bertz CT molecular complexity index is 350. The zero-order valence-electron chi connectivity index (χ0n) is 7.94. The summed E-state index contributed by atoms with van der Waals surface area (Å²) in [6.45, 7) is 0.526. The van der Waals surface area contributed by atoms with Gasteiger partial charge in [-0.1, -0.05) is 30.3 Å². The number of benzene rings is 1. The first-order chi connectivity index (χ1) is 6.71. The first kappa shape index (κ1) is 9.21. The van der Waals surface area contributed by atoms with Crippen molar-refractivity contribution in [2.24, 2.45) is 17.4 Å². The third kappa shape index (κ3) is 1.13. The molecule has 0 spiro atoms. The molecule has 2 atom stereocenters. The van der Waals surface area contributed by atoms with E-state index in [9.17, 15) is 4.79 Å². The van der Waals surface area contributed by atoms with Crippen LogP contribution in [0.4, 0.5) is 0 Å². The lowest BCUT2D eigenvalue weighted by atomic mass is 9.92. The Kier molecular flexibility index (Phi) is 2.04. The van der Waals surface area contributed by atoms with Gasteiger partial charge in [-0.2, -0.15) is 0 Å². The molecule has 1 aromatic rings. The molecule has 1 fully saturated rings. The quantitative estimate of drug-likeness (QED) is 0.723. The maximum Gasteiger partial charge on any atom is 0.228 e. The van der Waals surface area contributed by atoms with Gasteiger partial charge in [-0.05, 0) is 24.4 Å². The van der Waals surface area contributed by atoms with Gasteiger partial charge in [0.2, 0.25) is 5.91 Å². The van der Waals surface area contributed by atoms with Crippen molar-refractivity contribution in [3.8, 4) is 0 Å². The topological polar surface area (TPSA) is 69.1 Å². The Balaban J connectivity index is 2.36. The van der Waals surface area contributed by atoms with Crippen LogP contribution in [0.3, 0.4) is 0 Å². The maximum absolute atomic E-state index is 11.4. The largest absolute Gasteiger partial charge is 0.369 e. The predicted octanol–water partition coefficient (Wildman–Crippen LogP) is 0.388. The normalized spacial score (nSPS) is 29.9. The fourth-order valence-electron chi connectivity index (χ4n) is 2.15. The zero-order chi connectivity index (χ0) is 10.2. The van der Waals surface area contributed by atoms with E-state index < -0.39 is 5.41 Å². The van der Waals surface area contributed by atoms with E-state index >= 15 is 0 Å². The van der Waals surface area contributed by atoms with Crippen LogP contribution in [0, 0.1) is 5.92 Å². The summed E-state index contributed by atoms with van der Waals surface area (Å²) in [5, 5.41) is 0. The molecule has 1 aliphatic carbocycles. The van der Waals surface area contributed by atoms with Crippen LogP contribution in [0.1, 0.15) is 12.0 Å². The van der Waals surface area contributed by atoms with E-state index in [-0.39, 0.29) is 11.8 Å². The molecular formula is C11H14N2O. The van der Waals surface area contributed by atoms with Crippen LogP contribution in [0.2, 0.25) is 0 Å². The van der Waals surface area contributed by atoms with Crippen molar-refractivity contribution < 1.29 is 4.79 Å². The van der Waals surface area contributed by atoms with Crippen LogP contribution < -0.4 is 11.5 Å². The lowest BCUT2D eigenvalue weighted by Gasteiger charge is -2.12. The Morgan fingerprint density at radius 1 is 1.43 bits per heavy atom. The van der Waals surface area contributed by atoms with Crippen molar-refractivity contribution in [1.29, 1.82) is 0 Å². The molecule has 0 radical (unpaired) electrons. The molecule has 1 aliphatic rings. The van der Waals surface area contributed by atoms with E-state index in [2.05, 4.69) is 0 Å². The van der Waals surface area contributed by atoms with Gasteiger partial charge >= 0.3 is 0 Å². The molecule has 74 valence electrons. The minimum absolute atomic E-state index is 0.224. The summed E-state index contributed by atoms with van der Waals surface area (Å²) in [5.41, 5.74) is 11.5. The highest BCUT2D eigenvalue weighted by Gasteiger charge is 2.59. The number of nitrogens with two attached hydrogens (primary N) is 2. The summed E-state index contributed by atoms with van der Waals surface area (Å²) in [5.74, 6) is -0.0263. The number of hydrogen-bond acceptors (Lipinski definition) is 2. The van der Waals surface area contributed by atoms with Gasteiger partial charge in [-0.15, -0.1) is 0 Å². The average molecular weight is 190 g/mol. The SMILES string of the molecule is NC[C@H]1C[C@]1(C(N)=O)c1ccccc1. The van der Waals surface area contributed by atoms with Gasteiger partial charge in [-0.3, -0.25) is 4.79 Å². The summed E-state index contributed by atoms with van der Waals surface area (Å²) >= 11 is 0. The number of carbonyl (C=O) groups is 1. The molecule has 3 heteroatoms. The third-order valence-corrected chi connectivity index (χ3v) is 3.12. The molecule has 4 N–H and O–H groups in total. The first-order valence-electron chi connectivity index (χ1n) is 4.77. The Labute approximate surface area is 83.1 Å². The number of amides is 1. The summed E-state index contributed by atoms with van der Waals surface area (Å²) < 4.78 is 0. The second-order valence-electron chi connectivity index (χ2n) is 3.84. The van der Waals surface area contributed by atoms with E-state index in [4.69, 9.17) is 11.5 Å². The minimum Gasteiger partial charge on any atom is -0.369 e. The highest BCUT2D eigenvalue weighted by Crippen LogP contribution is 2.53. The maximum atomic E-state index is 11.4. The summed E-state index contributed by atoms with van der Waals surface area (Å²) in [6.07, 6.45) is 0.794. The highest BCUT2D eigenvalue weighted by molar-refractivity contribution is 5.90. The van der Waals surface area contributed by atoms with Gasteiger partial charge in [0.25, 0.3) is 0 Å². The molecule has 0 unspecified atom stereocenters. The Hall–Kier alpha value is -1.35. The van der Waals surface area contributed by atoms with Gasteiger partial charge in [0.1, 0.15) is 0 Å². The standard InChI is InChI=1S/C11H14N2O/c12-7-9-6-11(9,10(13)14)8-4-2-1-3-5-8/h1-5,9H,6-7,12H2,(H2,13,14)/t9-,11+/m1/s1. The smallest absolute Gasteiger partial charge is 0.228 e. The number of rotatable bonds is 3. The fraction of sp³-hybridized carbons (Fsp3) is 0.364. The van der Waals surface area contributed by atoms with Crippen molar-refractivity contribution in [3.05, 3.63) is 35.9 Å². The lowest BCUT2D eigenvalue weighted by Crippen LogP contribution is -2.32. The summed E-state index contributed by atoms with van der Waals surface area (Å²) in [4.78, 5) is 11.4. The molecular weight excluding hydrogens is 176 g/mol. The second-order valence-corrected chi connectivity index (χ2v) is 3.84. The minimum atomic E-state index is -0.476. The van der Waals surface area contributed by atoms with Crippen LogP contribution >= 0.6 is 0 Å². The second kappa shape index (κ2) is 3.10. The van der Waals surface area contributed by atoms with Gasteiger partial charge in [0.15, 0.2) is 0 Å². The van der Waals surface area contributed by atoms with Crippen LogP contribution in [0.25, 0.3) is 0 Å². The Morgan fingerprint density at radius 2 is 2.07 bits per heavy atom. The average Bonchev–Trinajstić information content (AvgIpc) is 2.94. The zero-order valence-corrected chi connectivity index (χ0v) is 7.94. The van der Waals surface area contributed by atoms with Gasteiger partial charge in [0, 0.05) is 0 Å². The number of hydrogen-bond donors (Lipinski definition) is 2. The van der Waals surface area contributed by atoms with Gasteiger partial charge in [0.05, 0.1) is 5.41 Å².